The number of hydrogen-bond acceptors (Lipinski definition) is 5. The zero-order chi connectivity index (χ0) is 20.5. The lowest BCUT2D eigenvalue weighted by molar-refractivity contribution is 0.0698. The van der Waals surface area contributed by atoms with Gasteiger partial charge in [0.05, 0.1) is 21.6 Å². The average Bonchev–Trinajstić information content (AvgIpc) is 3.35. The Morgan fingerprint density at radius 2 is 1.97 bits per heavy atom. The molecule has 1 amide bonds. The van der Waals surface area contributed by atoms with Crippen molar-refractivity contribution < 1.29 is 19.1 Å². The van der Waals surface area contributed by atoms with Gasteiger partial charge in [0, 0.05) is 19.8 Å². The number of carbonyl (C=O) groups is 2. The first-order valence-corrected chi connectivity index (χ1v) is 9.41. The van der Waals surface area contributed by atoms with Crippen LogP contribution in [0.25, 0.3) is 21.7 Å². The standard InChI is InChI=1S/C20H15FN4O3S/c1-25(10-11-2-4-12(21)5-3-11)19(26)16-7-6-15(29-16)14-9-23-18-17(24-14)13(8-22-18)20(27)28/h2-9H,10H2,1H3,(H,22,23)(H,27,28). The van der Waals surface area contributed by atoms with Crippen LogP contribution in [-0.2, 0) is 6.54 Å². The molecule has 0 aliphatic rings. The van der Waals surface area contributed by atoms with Crippen molar-refractivity contribution in [1.29, 1.82) is 0 Å². The molecule has 0 unspecified atom stereocenters. The summed E-state index contributed by atoms with van der Waals surface area (Å²) in [7, 11) is 1.68. The SMILES string of the molecule is CN(Cc1ccc(F)cc1)C(=O)c1ccc(-c2cnc3[nH]cc(C(=O)O)c3n2)s1. The molecule has 0 fully saturated rings. The summed E-state index contributed by atoms with van der Waals surface area (Å²) in [6.45, 7) is 0.351. The van der Waals surface area contributed by atoms with Gasteiger partial charge >= 0.3 is 5.97 Å². The molecule has 4 aromatic rings. The van der Waals surface area contributed by atoms with Crippen molar-refractivity contribution in [3.8, 4) is 10.6 Å². The Kier molecular flexibility index (Phi) is 4.81. The van der Waals surface area contributed by atoms with Gasteiger partial charge < -0.3 is 15.0 Å². The van der Waals surface area contributed by atoms with Gasteiger partial charge in [-0.15, -0.1) is 11.3 Å². The highest BCUT2D eigenvalue weighted by atomic mass is 32.1. The number of nitrogens with one attached hydrogen (secondary N) is 1. The number of rotatable bonds is 5. The lowest BCUT2D eigenvalue weighted by atomic mass is 10.2. The topological polar surface area (TPSA) is 99.2 Å². The van der Waals surface area contributed by atoms with E-state index < -0.39 is 5.97 Å². The maximum Gasteiger partial charge on any atom is 0.339 e. The summed E-state index contributed by atoms with van der Waals surface area (Å²) in [5.74, 6) is -1.59. The Morgan fingerprint density at radius 1 is 1.21 bits per heavy atom. The number of hydrogen-bond donors (Lipinski definition) is 2. The van der Waals surface area contributed by atoms with Crippen molar-refractivity contribution in [2.75, 3.05) is 7.05 Å². The molecule has 7 nitrogen and oxygen atoms in total. The van der Waals surface area contributed by atoms with Crippen LogP contribution in [0, 0.1) is 5.82 Å². The third-order valence-electron chi connectivity index (χ3n) is 4.36. The number of thiophene rings is 1. The Balaban J connectivity index is 1.56. The minimum Gasteiger partial charge on any atom is -0.478 e. The zero-order valence-corrected chi connectivity index (χ0v) is 16.0. The molecule has 0 atom stereocenters. The number of fused-ring (bicyclic) bond motifs is 1. The predicted molar refractivity (Wildman–Crippen MR) is 106 cm³/mol. The highest BCUT2D eigenvalue weighted by Crippen LogP contribution is 2.29. The maximum absolute atomic E-state index is 13.0. The molecule has 0 saturated heterocycles. The number of aromatic amines is 1. The molecule has 0 saturated carbocycles. The van der Waals surface area contributed by atoms with E-state index in [0.29, 0.717) is 27.6 Å². The first-order chi connectivity index (χ1) is 13.9. The van der Waals surface area contributed by atoms with E-state index >= 15 is 0 Å². The van der Waals surface area contributed by atoms with Crippen LogP contribution in [0.2, 0.25) is 0 Å². The highest BCUT2D eigenvalue weighted by Gasteiger charge is 2.18. The second-order valence-corrected chi connectivity index (χ2v) is 7.50. The van der Waals surface area contributed by atoms with E-state index in [1.807, 2.05) is 0 Å². The summed E-state index contributed by atoms with van der Waals surface area (Å²) in [6, 6.07) is 9.45. The van der Waals surface area contributed by atoms with Gasteiger partial charge in [0.1, 0.15) is 16.9 Å². The Labute approximate surface area is 168 Å². The quantitative estimate of drug-likeness (QED) is 0.521. The van der Waals surface area contributed by atoms with Crippen LogP contribution >= 0.6 is 11.3 Å². The molecule has 0 aliphatic heterocycles. The summed E-state index contributed by atoms with van der Waals surface area (Å²) in [4.78, 5) is 38.2. The van der Waals surface area contributed by atoms with E-state index in [0.717, 1.165) is 5.56 Å². The normalized spacial score (nSPS) is 11.0. The summed E-state index contributed by atoms with van der Waals surface area (Å²) in [5.41, 5.74) is 2.01. The van der Waals surface area contributed by atoms with Gasteiger partial charge in [0.2, 0.25) is 0 Å². The summed E-state index contributed by atoms with van der Waals surface area (Å²) in [6.07, 6.45) is 2.89. The fraction of sp³-hybridized carbons (Fsp3) is 0.100. The second kappa shape index (κ2) is 7.44. The molecule has 0 radical (unpaired) electrons. The van der Waals surface area contributed by atoms with Crippen molar-refractivity contribution >= 4 is 34.4 Å². The van der Waals surface area contributed by atoms with Crippen LogP contribution in [-0.4, -0.2) is 43.9 Å². The van der Waals surface area contributed by atoms with Gasteiger partial charge in [-0.2, -0.15) is 0 Å². The lowest BCUT2D eigenvalue weighted by Gasteiger charge is -2.16. The number of aromatic nitrogens is 3. The van der Waals surface area contributed by atoms with Crippen molar-refractivity contribution in [1.82, 2.24) is 19.9 Å². The Hall–Kier alpha value is -3.59. The number of halogens is 1. The second-order valence-electron chi connectivity index (χ2n) is 6.41. The molecule has 3 aromatic heterocycles. The number of amides is 1. The molecule has 9 heteroatoms. The van der Waals surface area contributed by atoms with Crippen molar-refractivity contribution in [3.05, 3.63) is 70.6 Å². The largest absolute Gasteiger partial charge is 0.478 e. The smallest absolute Gasteiger partial charge is 0.339 e. The van der Waals surface area contributed by atoms with E-state index in [9.17, 15) is 19.1 Å². The molecule has 2 N–H and O–H groups in total. The molecular formula is C20H15FN4O3S. The molecule has 1 aromatic carbocycles. The maximum atomic E-state index is 13.0. The number of nitrogens with zero attached hydrogens (tertiary/aromatic N) is 3. The van der Waals surface area contributed by atoms with Gasteiger partial charge in [-0.3, -0.25) is 4.79 Å². The van der Waals surface area contributed by atoms with Crippen molar-refractivity contribution in [3.63, 3.8) is 0 Å². The third-order valence-corrected chi connectivity index (χ3v) is 5.46. The van der Waals surface area contributed by atoms with Gasteiger partial charge in [-0.1, -0.05) is 12.1 Å². The predicted octanol–water partition coefficient (Wildman–Crippen LogP) is 3.80. The molecule has 29 heavy (non-hydrogen) atoms. The number of carboxylic acids is 1. The van der Waals surface area contributed by atoms with E-state index in [1.165, 1.54) is 35.9 Å². The van der Waals surface area contributed by atoms with Gasteiger partial charge in [-0.05, 0) is 29.8 Å². The first-order valence-electron chi connectivity index (χ1n) is 8.60. The Morgan fingerprint density at radius 3 is 2.69 bits per heavy atom. The molecule has 3 heterocycles. The number of carbonyl (C=O) groups excluding carboxylic acids is 1. The third kappa shape index (κ3) is 3.72. The van der Waals surface area contributed by atoms with Crippen molar-refractivity contribution in [2.24, 2.45) is 0 Å². The molecule has 0 spiro atoms. The fourth-order valence-corrected chi connectivity index (χ4v) is 3.84. The molecule has 0 aliphatic carbocycles. The molecule has 146 valence electrons. The van der Waals surface area contributed by atoms with Crippen LogP contribution in [0.1, 0.15) is 25.6 Å². The first kappa shape index (κ1) is 18.8. The van der Waals surface area contributed by atoms with E-state index in [1.54, 1.807) is 36.2 Å². The van der Waals surface area contributed by atoms with Gasteiger partial charge in [0.25, 0.3) is 5.91 Å². The number of aromatic carboxylic acids is 1. The summed E-state index contributed by atoms with van der Waals surface area (Å²) < 4.78 is 13.0. The van der Waals surface area contributed by atoms with E-state index in [-0.39, 0.29) is 22.8 Å². The fourth-order valence-electron chi connectivity index (χ4n) is 2.89. The van der Waals surface area contributed by atoms with E-state index in [2.05, 4.69) is 15.0 Å². The van der Waals surface area contributed by atoms with Crippen LogP contribution < -0.4 is 0 Å². The molecule has 4 rings (SSSR count). The monoisotopic (exact) mass is 410 g/mol. The van der Waals surface area contributed by atoms with Crippen LogP contribution in [0.3, 0.4) is 0 Å². The Bertz CT molecular complexity index is 1220. The van der Waals surface area contributed by atoms with Crippen LogP contribution in [0.5, 0.6) is 0 Å². The van der Waals surface area contributed by atoms with Crippen LogP contribution in [0.4, 0.5) is 4.39 Å². The van der Waals surface area contributed by atoms with Gasteiger partial charge in [0.15, 0.2) is 5.65 Å². The zero-order valence-electron chi connectivity index (χ0n) is 15.2. The van der Waals surface area contributed by atoms with Crippen LogP contribution in [0.15, 0.2) is 48.8 Å². The number of carboxylic acid groups (broad SMARTS) is 1. The van der Waals surface area contributed by atoms with Crippen molar-refractivity contribution in [2.45, 2.75) is 6.54 Å². The number of H-pyrrole nitrogens is 1. The lowest BCUT2D eigenvalue weighted by Crippen LogP contribution is -2.25. The van der Waals surface area contributed by atoms with E-state index in [4.69, 9.17) is 0 Å². The average molecular weight is 410 g/mol. The summed E-state index contributed by atoms with van der Waals surface area (Å²) in [5, 5.41) is 9.25. The number of benzene rings is 1. The summed E-state index contributed by atoms with van der Waals surface area (Å²) >= 11 is 1.25. The highest BCUT2D eigenvalue weighted by molar-refractivity contribution is 7.17. The minimum atomic E-state index is -1.09. The molecule has 0 bridgehead atoms. The minimum absolute atomic E-state index is 0.0428. The van der Waals surface area contributed by atoms with Gasteiger partial charge in [-0.25, -0.2) is 19.2 Å². The molecular weight excluding hydrogens is 395 g/mol.